The SMILES string of the molecule is Cc1ccc(C=CC(=O)Nc2nc(-c3ccc([N+](=O)[O-])cc3)cs2)cc1. The van der Waals surface area contributed by atoms with E-state index in [9.17, 15) is 14.9 Å². The fourth-order valence-electron chi connectivity index (χ4n) is 2.21. The molecule has 1 N–H and O–H groups in total. The Morgan fingerprint density at radius 1 is 1.15 bits per heavy atom. The molecule has 2 aromatic carbocycles. The van der Waals surface area contributed by atoms with Crippen LogP contribution in [0.25, 0.3) is 17.3 Å². The van der Waals surface area contributed by atoms with Gasteiger partial charge in [0.15, 0.2) is 5.13 Å². The largest absolute Gasteiger partial charge is 0.298 e. The number of nitrogens with one attached hydrogen (secondary N) is 1. The number of anilines is 1. The van der Waals surface area contributed by atoms with Crippen LogP contribution in [-0.2, 0) is 4.79 Å². The first kappa shape index (κ1) is 17.5. The molecule has 0 aliphatic rings. The van der Waals surface area contributed by atoms with E-state index in [4.69, 9.17) is 0 Å². The summed E-state index contributed by atoms with van der Waals surface area (Å²) in [4.78, 5) is 26.6. The van der Waals surface area contributed by atoms with Gasteiger partial charge in [0.2, 0.25) is 5.91 Å². The molecule has 0 spiro atoms. The van der Waals surface area contributed by atoms with Gasteiger partial charge in [0.25, 0.3) is 5.69 Å². The van der Waals surface area contributed by atoms with Gasteiger partial charge in [0.1, 0.15) is 0 Å². The molecule has 6 nitrogen and oxygen atoms in total. The van der Waals surface area contributed by atoms with Crippen molar-refractivity contribution >= 4 is 34.1 Å². The minimum Gasteiger partial charge on any atom is -0.298 e. The molecule has 0 radical (unpaired) electrons. The molecule has 3 rings (SSSR count). The maximum Gasteiger partial charge on any atom is 0.269 e. The number of carbonyl (C=O) groups is 1. The van der Waals surface area contributed by atoms with Crippen molar-refractivity contribution in [2.75, 3.05) is 5.32 Å². The second kappa shape index (κ2) is 7.71. The lowest BCUT2D eigenvalue weighted by atomic mass is 10.1. The number of thiazole rings is 1. The molecule has 26 heavy (non-hydrogen) atoms. The predicted octanol–water partition coefficient (Wildman–Crippen LogP) is 4.68. The molecule has 1 heterocycles. The fourth-order valence-corrected chi connectivity index (χ4v) is 2.94. The standard InChI is InChI=1S/C19H15N3O3S/c1-13-2-4-14(5-3-13)6-11-18(23)21-19-20-17(12-26-19)15-7-9-16(10-8-15)22(24)25/h2-12H,1H3,(H,20,21,23). The molecule has 0 aliphatic heterocycles. The van der Waals surface area contributed by atoms with Crippen LogP contribution in [0.1, 0.15) is 11.1 Å². The van der Waals surface area contributed by atoms with Gasteiger partial charge in [-0.3, -0.25) is 20.2 Å². The van der Waals surface area contributed by atoms with Crippen LogP contribution in [0.2, 0.25) is 0 Å². The van der Waals surface area contributed by atoms with Crippen molar-refractivity contribution in [1.82, 2.24) is 4.98 Å². The Labute approximate surface area is 154 Å². The number of nitro benzene ring substituents is 1. The molecule has 0 atom stereocenters. The topological polar surface area (TPSA) is 85.1 Å². The summed E-state index contributed by atoms with van der Waals surface area (Å²) in [5, 5.41) is 15.7. The Hall–Kier alpha value is -3.32. The van der Waals surface area contributed by atoms with E-state index in [0.29, 0.717) is 10.8 Å². The van der Waals surface area contributed by atoms with E-state index >= 15 is 0 Å². The molecule has 0 fully saturated rings. The summed E-state index contributed by atoms with van der Waals surface area (Å²) in [5.41, 5.74) is 3.54. The monoisotopic (exact) mass is 365 g/mol. The number of nitro groups is 1. The van der Waals surface area contributed by atoms with Gasteiger partial charge >= 0.3 is 0 Å². The van der Waals surface area contributed by atoms with Crippen molar-refractivity contribution < 1.29 is 9.72 Å². The van der Waals surface area contributed by atoms with Crippen LogP contribution < -0.4 is 5.32 Å². The van der Waals surface area contributed by atoms with Crippen molar-refractivity contribution in [3.05, 3.63) is 81.2 Å². The lowest BCUT2D eigenvalue weighted by molar-refractivity contribution is -0.384. The van der Waals surface area contributed by atoms with E-state index in [1.807, 2.05) is 31.2 Å². The highest BCUT2D eigenvalue weighted by molar-refractivity contribution is 7.14. The Kier molecular flexibility index (Phi) is 5.19. The van der Waals surface area contributed by atoms with Crippen LogP contribution in [0.4, 0.5) is 10.8 Å². The van der Waals surface area contributed by atoms with Gasteiger partial charge in [0.05, 0.1) is 10.6 Å². The third-order valence-electron chi connectivity index (χ3n) is 3.61. The highest BCUT2D eigenvalue weighted by Gasteiger charge is 2.09. The number of aryl methyl sites for hydroxylation is 1. The number of nitrogens with zero attached hydrogens (tertiary/aromatic N) is 2. The van der Waals surface area contributed by atoms with Crippen molar-refractivity contribution in [1.29, 1.82) is 0 Å². The smallest absolute Gasteiger partial charge is 0.269 e. The van der Waals surface area contributed by atoms with Crippen LogP contribution in [0.5, 0.6) is 0 Å². The molecule has 0 aliphatic carbocycles. The van der Waals surface area contributed by atoms with Crippen molar-refractivity contribution in [3.63, 3.8) is 0 Å². The summed E-state index contributed by atoms with van der Waals surface area (Å²) in [6.45, 7) is 2.01. The highest BCUT2D eigenvalue weighted by atomic mass is 32.1. The lowest BCUT2D eigenvalue weighted by Crippen LogP contribution is -2.07. The van der Waals surface area contributed by atoms with Gasteiger partial charge in [-0.25, -0.2) is 4.98 Å². The first-order valence-corrected chi connectivity index (χ1v) is 8.65. The van der Waals surface area contributed by atoms with Crippen molar-refractivity contribution in [3.8, 4) is 11.3 Å². The summed E-state index contributed by atoms with van der Waals surface area (Å²) < 4.78 is 0. The maximum atomic E-state index is 12.0. The van der Waals surface area contributed by atoms with Crippen molar-refractivity contribution in [2.24, 2.45) is 0 Å². The zero-order valence-corrected chi connectivity index (χ0v) is 14.7. The number of non-ortho nitro benzene ring substituents is 1. The maximum absolute atomic E-state index is 12.0. The van der Waals surface area contributed by atoms with E-state index in [1.54, 1.807) is 23.6 Å². The Balaban J connectivity index is 1.65. The van der Waals surface area contributed by atoms with E-state index in [2.05, 4.69) is 10.3 Å². The second-order valence-electron chi connectivity index (χ2n) is 5.58. The number of carbonyl (C=O) groups excluding carboxylic acids is 1. The van der Waals surface area contributed by atoms with E-state index in [0.717, 1.165) is 16.7 Å². The zero-order valence-electron chi connectivity index (χ0n) is 13.9. The molecule has 0 bridgehead atoms. The Bertz CT molecular complexity index is 960. The van der Waals surface area contributed by atoms with Crippen LogP contribution >= 0.6 is 11.3 Å². The molecular formula is C19H15N3O3S. The molecule has 3 aromatic rings. The van der Waals surface area contributed by atoms with Crippen LogP contribution in [0, 0.1) is 17.0 Å². The summed E-state index contributed by atoms with van der Waals surface area (Å²) >= 11 is 1.30. The second-order valence-corrected chi connectivity index (χ2v) is 6.43. The minimum atomic E-state index is -0.448. The third kappa shape index (κ3) is 4.40. The normalized spacial score (nSPS) is 10.8. The molecule has 1 aromatic heterocycles. The minimum absolute atomic E-state index is 0.0266. The number of amides is 1. The van der Waals surface area contributed by atoms with Crippen LogP contribution in [-0.4, -0.2) is 15.8 Å². The number of hydrogen-bond donors (Lipinski definition) is 1. The van der Waals surface area contributed by atoms with Gasteiger partial charge in [-0.2, -0.15) is 0 Å². The fraction of sp³-hybridized carbons (Fsp3) is 0.0526. The summed E-state index contributed by atoms with van der Waals surface area (Å²) in [6.07, 6.45) is 3.19. The number of benzene rings is 2. The van der Waals surface area contributed by atoms with Gasteiger partial charge in [-0.15, -0.1) is 11.3 Å². The number of hydrogen-bond acceptors (Lipinski definition) is 5. The first-order chi connectivity index (χ1) is 12.5. The van der Waals surface area contributed by atoms with Crippen molar-refractivity contribution in [2.45, 2.75) is 6.92 Å². The van der Waals surface area contributed by atoms with Gasteiger partial charge in [-0.05, 0) is 30.7 Å². The summed E-state index contributed by atoms with van der Waals surface area (Å²) in [7, 11) is 0. The third-order valence-corrected chi connectivity index (χ3v) is 4.37. The average molecular weight is 365 g/mol. The van der Waals surface area contributed by atoms with Gasteiger partial charge in [-0.1, -0.05) is 29.8 Å². The Morgan fingerprint density at radius 2 is 1.85 bits per heavy atom. The molecule has 1 amide bonds. The summed E-state index contributed by atoms with van der Waals surface area (Å²) in [5.74, 6) is -0.268. The van der Waals surface area contributed by atoms with Crippen LogP contribution in [0.15, 0.2) is 60.0 Å². The molecule has 0 unspecified atom stereocenters. The molecule has 7 heteroatoms. The predicted molar refractivity (Wildman–Crippen MR) is 103 cm³/mol. The summed E-state index contributed by atoms with van der Waals surface area (Å²) in [6, 6.07) is 14.0. The van der Waals surface area contributed by atoms with E-state index in [-0.39, 0.29) is 11.6 Å². The molecule has 0 saturated carbocycles. The zero-order chi connectivity index (χ0) is 18.5. The molecule has 130 valence electrons. The molecule has 0 saturated heterocycles. The van der Waals surface area contributed by atoms with Gasteiger partial charge < -0.3 is 0 Å². The first-order valence-electron chi connectivity index (χ1n) is 7.77. The lowest BCUT2D eigenvalue weighted by Gasteiger charge is -1.98. The quantitative estimate of drug-likeness (QED) is 0.404. The molecular weight excluding hydrogens is 350 g/mol. The number of aromatic nitrogens is 1. The Morgan fingerprint density at radius 3 is 2.50 bits per heavy atom. The van der Waals surface area contributed by atoms with Gasteiger partial charge in [0, 0.05) is 29.2 Å². The van der Waals surface area contributed by atoms with Crippen LogP contribution in [0.3, 0.4) is 0 Å². The average Bonchev–Trinajstić information content (AvgIpc) is 3.10. The van der Waals surface area contributed by atoms with E-state index < -0.39 is 4.92 Å². The highest BCUT2D eigenvalue weighted by Crippen LogP contribution is 2.26. The number of rotatable bonds is 5. The van der Waals surface area contributed by atoms with E-state index in [1.165, 1.54) is 29.5 Å².